The summed E-state index contributed by atoms with van der Waals surface area (Å²) in [6.07, 6.45) is 6.59. The van der Waals surface area contributed by atoms with E-state index in [1.807, 2.05) is 0 Å². The first-order valence-corrected chi connectivity index (χ1v) is 13.5. The smallest absolute Gasteiger partial charge is 0.330 e. The molecule has 0 radical (unpaired) electrons. The van der Waals surface area contributed by atoms with Gasteiger partial charge in [-0.25, -0.2) is 13.2 Å². The van der Waals surface area contributed by atoms with Gasteiger partial charge in [-0.1, -0.05) is 12.1 Å². The predicted octanol–water partition coefficient (Wildman–Crippen LogP) is 2.85. The summed E-state index contributed by atoms with van der Waals surface area (Å²) >= 11 is 0. The first kappa shape index (κ1) is 26.2. The summed E-state index contributed by atoms with van der Waals surface area (Å²) in [6, 6.07) is 11.0. The van der Waals surface area contributed by atoms with E-state index in [1.165, 1.54) is 13.0 Å². The highest BCUT2D eigenvalue weighted by Crippen LogP contribution is 2.24. The quantitative estimate of drug-likeness (QED) is 0.367. The second kappa shape index (κ2) is 11.0. The zero-order chi connectivity index (χ0) is 26.6. The van der Waals surface area contributed by atoms with Crippen LogP contribution in [0.1, 0.15) is 31.9 Å². The molecule has 1 aromatic carbocycles. The number of nitrogens with one attached hydrogen (secondary N) is 2. The van der Waals surface area contributed by atoms with Crippen LogP contribution in [-0.4, -0.2) is 59.0 Å². The fourth-order valence-corrected chi connectivity index (χ4v) is 6.19. The molecule has 0 spiro atoms. The van der Waals surface area contributed by atoms with E-state index in [0.717, 1.165) is 6.42 Å². The van der Waals surface area contributed by atoms with Crippen molar-refractivity contribution < 1.29 is 23.1 Å². The molecule has 37 heavy (non-hydrogen) atoms. The van der Waals surface area contributed by atoms with Crippen molar-refractivity contribution in [2.75, 3.05) is 13.1 Å². The first-order valence-electron chi connectivity index (χ1n) is 12.0. The molecule has 2 unspecified atom stereocenters. The third-order valence-electron chi connectivity index (χ3n) is 6.64. The number of hydrogen-bond acceptors (Lipinski definition) is 5. The molecule has 1 aliphatic heterocycles. The maximum absolute atomic E-state index is 13.7. The van der Waals surface area contributed by atoms with Gasteiger partial charge in [0.2, 0.25) is 15.9 Å². The first-order chi connectivity index (χ1) is 17.7. The minimum atomic E-state index is -4.07. The van der Waals surface area contributed by atoms with E-state index < -0.39 is 22.0 Å². The van der Waals surface area contributed by atoms with Crippen molar-refractivity contribution in [3.8, 4) is 6.07 Å². The van der Waals surface area contributed by atoms with E-state index in [-0.39, 0.29) is 35.3 Å². The molecule has 3 N–H and O–H groups in total. The minimum absolute atomic E-state index is 0.0688. The Hall–Kier alpha value is -3.88. The van der Waals surface area contributed by atoms with E-state index in [1.54, 1.807) is 58.3 Å². The SMILES string of the molecule is CC(=CC1CCCN(C(=O)C(CCn2cccc2C#N)NS(=O)(=O)c2cccc3[nH]ccc23)C1)C(=O)O. The number of carbonyl (C=O) groups excluding carboxylic acids is 1. The number of H-pyrrole nitrogens is 1. The van der Waals surface area contributed by atoms with Crippen molar-refractivity contribution in [1.82, 2.24) is 19.2 Å². The molecule has 3 aromatic rings. The monoisotopic (exact) mass is 523 g/mol. The number of carboxylic acids is 1. The summed E-state index contributed by atoms with van der Waals surface area (Å²) in [6.45, 7) is 2.54. The van der Waals surface area contributed by atoms with E-state index >= 15 is 0 Å². The number of piperidine rings is 1. The van der Waals surface area contributed by atoms with E-state index in [2.05, 4.69) is 15.8 Å². The molecule has 11 heteroatoms. The number of rotatable bonds is 9. The molecule has 0 aliphatic carbocycles. The Morgan fingerprint density at radius 2 is 2.11 bits per heavy atom. The maximum Gasteiger partial charge on any atom is 0.330 e. The van der Waals surface area contributed by atoms with Gasteiger partial charge in [0.15, 0.2) is 0 Å². The Labute approximate surface area is 215 Å². The van der Waals surface area contributed by atoms with Gasteiger partial charge in [0, 0.05) is 48.5 Å². The number of nitriles is 1. The lowest BCUT2D eigenvalue weighted by Gasteiger charge is -2.34. The van der Waals surface area contributed by atoms with Crippen molar-refractivity contribution in [1.29, 1.82) is 5.26 Å². The third-order valence-corrected chi connectivity index (χ3v) is 8.17. The van der Waals surface area contributed by atoms with Crippen LogP contribution in [0.4, 0.5) is 0 Å². The number of hydrogen-bond donors (Lipinski definition) is 3. The van der Waals surface area contributed by atoms with Crippen LogP contribution in [0.3, 0.4) is 0 Å². The molecule has 3 heterocycles. The lowest BCUT2D eigenvalue weighted by molar-refractivity contribution is -0.134. The molecule has 194 valence electrons. The van der Waals surface area contributed by atoms with Crippen LogP contribution in [0.15, 0.2) is 65.3 Å². The summed E-state index contributed by atoms with van der Waals surface area (Å²) < 4.78 is 31.3. The van der Waals surface area contributed by atoms with Crippen molar-refractivity contribution in [2.45, 2.75) is 43.7 Å². The molecule has 2 atom stereocenters. The van der Waals surface area contributed by atoms with E-state index in [9.17, 15) is 28.4 Å². The van der Waals surface area contributed by atoms with Crippen LogP contribution in [0.5, 0.6) is 0 Å². The number of benzene rings is 1. The van der Waals surface area contributed by atoms with Crippen LogP contribution >= 0.6 is 0 Å². The summed E-state index contributed by atoms with van der Waals surface area (Å²) in [5.41, 5.74) is 1.29. The number of likely N-dealkylation sites (tertiary alicyclic amines) is 1. The summed E-state index contributed by atoms with van der Waals surface area (Å²) in [4.78, 5) is 29.6. The number of aryl methyl sites for hydroxylation is 1. The Morgan fingerprint density at radius 1 is 1.30 bits per heavy atom. The van der Waals surface area contributed by atoms with E-state index in [4.69, 9.17) is 0 Å². The van der Waals surface area contributed by atoms with E-state index in [0.29, 0.717) is 36.1 Å². The van der Waals surface area contributed by atoms with Crippen LogP contribution in [0, 0.1) is 17.2 Å². The molecule has 1 amide bonds. The second-order valence-corrected chi connectivity index (χ2v) is 10.9. The number of amides is 1. The fourth-order valence-electron chi connectivity index (χ4n) is 4.74. The van der Waals surface area contributed by atoms with Gasteiger partial charge in [-0.05, 0) is 62.4 Å². The van der Waals surface area contributed by atoms with Crippen molar-refractivity contribution in [3.05, 3.63) is 66.1 Å². The topological polar surface area (TPSA) is 148 Å². The standard InChI is InChI=1S/C26H29N5O5S/c1-18(26(33)34)15-19-5-3-13-31(17-19)25(32)23(10-14-30-12-4-6-20(30)16-27)29-37(35,36)24-8-2-7-22-21(24)9-11-28-22/h2,4,6-9,11-12,15,19,23,28-29H,3,5,10,13-14,17H2,1H3,(H,33,34). The average Bonchev–Trinajstić information content (AvgIpc) is 3.55. The van der Waals surface area contributed by atoms with Crippen molar-refractivity contribution in [3.63, 3.8) is 0 Å². The molecule has 0 bridgehead atoms. The fraction of sp³-hybridized carbons (Fsp3) is 0.346. The largest absolute Gasteiger partial charge is 0.478 e. The molecule has 1 saturated heterocycles. The number of aromatic nitrogens is 2. The zero-order valence-corrected chi connectivity index (χ0v) is 21.2. The molecule has 2 aromatic heterocycles. The number of carbonyl (C=O) groups is 2. The number of fused-ring (bicyclic) bond motifs is 1. The van der Waals surface area contributed by atoms with Crippen molar-refractivity contribution >= 4 is 32.8 Å². The predicted molar refractivity (Wildman–Crippen MR) is 137 cm³/mol. The minimum Gasteiger partial charge on any atom is -0.478 e. The number of aliphatic carboxylic acids is 1. The Balaban J connectivity index is 1.60. The lowest BCUT2D eigenvalue weighted by Crippen LogP contribution is -2.51. The highest BCUT2D eigenvalue weighted by molar-refractivity contribution is 7.89. The molecular weight excluding hydrogens is 494 g/mol. The van der Waals surface area contributed by atoms with Gasteiger partial charge in [0.1, 0.15) is 17.8 Å². The second-order valence-electron chi connectivity index (χ2n) is 9.20. The molecule has 1 fully saturated rings. The Morgan fingerprint density at radius 3 is 2.86 bits per heavy atom. The molecule has 4 rings (SSSR count). The normalized spacial score (nSPS) is 17.5. The van der Waals surface area contributed by atoms with Gasteiger partial charge in [0.05, 0.1) is 4.90 Å². The number of sulfonamides is 1. The third kappa shape index (κ3) is 5.93. The van der Waals surface area contributed by atoms with Gasteiger partial charge in [0.25, 0.3) is 0 Å². The van der Waals surface area contributed by atoms with Crippen LogP contribution in [0.2, 0.25) is 0 Å². The van der Waals surface area contributed by atoms with Gasteiger partial charge in [-0.3, -0.25) is 4.79 Å². The highest BCUT2D eigenvalue weighted by Gasteiger charge is 2.32. The summed E-state index contributed by atoms with van der Waals surface area (Å²) in [5.74, 6) is -1.51. The lowest BCUT2D eigenvalue weighted by atomic mass is 9.95. The van der Waals surface area contributed by atoms with Gasteiger partial charge < -0.3 is 19.6 Å². The molecule has 10 nitrogen and oxygen atoms in total. The molecular formula is C26H29N5O5S. The van der Waals surface area contributed by atoms with Gasteiger partial charge in [-0.15, -0.1) is 0 Å². The van der Waals surface area contributed by atoms with Crippen molar-refractivity contribution in [2.24, 2.45) is 5.92 Å². The van der Waals surface area contributed by atoms with Gasteiger partial charge >= 0.3 is 5.97 Å². The molecule has 1 aliphatic rings. The highest BCUT2D eigenvalue weighted by atomic mass is 32.2. The Bertz CT molecular complexity index is 1480. The zero-order valence-electron chi connectivity index (χ0n) is 20.4. The number of carboxylic acid groups (broad SMARTS) is 1. The number of nitrogens with zero attached hydrogens (tertiary/aromatic N) is 3. The molecule has 0 saturated carbocycles. The van der Waals surface area contributed by atoms with Crippen LogP contribution in [0.25, 0.3) is 10.9 Å². The van der Waals surface area contributed by atoms with Crippen LogP contribution in [-0.2, 0) is 26.2 Å². The Kier molecular flexibility index (Phi) is 7.80. The maximum atomic E-state index is 13.7. The summed E-state index contributed by atoms with van der Waals surface area (Å²) in [7, 11) is -4.07. The van der Waals surface area contributed by atoms with Crippen LogP contribution < -0.4 is 4.72 Å². The number of aromatic amines is 1. The van der Waals surface area contributed by atoms with Gasteiger partial charge in [-0.2, -0.15) is 9.98 Å². The summed E-state index contributed by atoms with van der Waals surface area (Å²) in [5, 5.41) is 19.1. The average molecular weight is 524 g/mol.